The summed E-state index contributed by atoms with van der Waals surface area (Å²) in [5.74, 6) is -0.668. The maximum absolute atomic E-state index is 13.1. The minimum Gasteiger partial charge on any atom is -0.489 e. The summed E-state index contributed by atoms with van der Waals surface area (Å²) in [7, 11) is 0. The average molecular weight is 201 g/mol. The lowest BCUT2D eigenvalue weighted by Gasteiger charge is -2.16. The summed E-state index contributed by atoms with van der Waals surface area (Å²) in [6.07, 6.45) is 0.285. The van der Waals surface area contributed by atoms with Crippen LogP contribution in [0.25, 0.3) is 0 Å². The van der Waals surface area contributed by atoms with Crippen LogP contribution >= 0.6 is 11.6 Å². The van der Waals surface area contributed by atoms with Gasteiger partial charge in [0, 0.05) is 11.4 Å². The molecule has 1 heterocycles. The molecule has 2 nitrogen and oxygen atoms in total. The molecule has 0 saturated heterocycles. The Morgan fingerprint density at radius 3 is 3.00 bits per heavy atom. The molecule has 0 spiro atoms. The van der Waals surface area contributed by atoms with Crippen molar-refractivity contribution >= 4 is 17.4 Å². The Morgan fingerprint density at radius 1 is 1.46 bits per heavy atom. The number of fused-ring (bicyclic) bond motifs is 1. The van der Waals surface area contributed by atoms with Gasteiger partial charge in [-0.05, 0) is 12.1 Å². The highest BCUT2D eigenvalue weighted by molar-refractivity contribution is 6.31. The number of carbonyl (C=O) groups excluding carboxylic acids is 1. The van der Waals surface area contributed by atoms with Crippen molar-refractivity contribution in [2.75, 3.05) is 6.61 Å². The molecule has 0 atom stereocenters. The number of rotatable bonds is 0. The zero-order valence-corrected chi connectivity index (χ0v) is 7.40. The number of hydrogen-bond acceptors (Lipinski definition) is 2. The quantitative estimate of drug-likeness (QED) is 0.643. The van der Waals surface area contributed by atoms with Crippen LogP contribution in [0, 0.1) is 5.82 Å². The van der Waals surface area contributed by atoms with Crippen molar-refractivity contribution in [3.05, 3.63) is 28.5 Å². The summed E-state index contributed by atoms with van der Waals surface area (Å²) >= 11 is 5.60. The molecule has 1 aromatic carbocycles. The van der Waals surface area contributed by atoms with E-state index < -0.39 is 5.82 Å². The van der Waals surface area contributed by atoms with Crippen molar-refractivity contribution in [1.29, 1.82) is 0 Å². The maximum atomic E-state index is 13.1. The van der Waals surface area contributed by atoms with E-state index in [-0.39, 0.29) is 35.1 Å². The highest BCUT2D eigenvalue weighted by Crippen LogP contribution is 2.30. The van der Waals surface area contributed by atoms with Crippen LogP contribution in [0.5, 0.6) is 5.75 Å². The van der Waals surface area contributed by atoms with E-state index >= 15 is 0 Å². The first kappa shape index (κ1) is 8.51. The summed E-state index contributed by atoms with van der Waals surface area (Å²) in [4.78, 5) is 11.3. The van der Waals surface area contributed by atoms with Gasteiger partial charge < -0.3 is 4.74 Å². The number of halogens is 2. The van der Waals surface area contributed by atoms with E-state index in [0.717, 1.165) is 6.07 Å². The molecule has 2 rings (SSSR count). The van der Waals surface area contributed by atoms with Crippen LogP contribution in [-0.2, 0) is 0 Å². The summed E-state index contributed by atoms with van der Waals surface area (Å²) in [5, 5.41) is 0.218. The summed E-state index contributed by atoms with van der Waals surface area (Å²) < 4.78 is 18.2. The average Bonchev–Trinajstić information content (AvgIpc) is 2.07. The second-order valence-corrected chi connectivity index (χ2v) is 3.22. The van der Waals surface area contributed by atoms with Gasteiger partial charge >= 0.3 is 0 Å². The molecular formula is C9H6ClFO2. The fourth-order valence-corrected chi connectivity index (χ4v) is 1.50. The molecule has 1 aromatic rings. The van der Waals surface area contributed by atoms with Crippen molar-refractivity contribution in [1.82, 2.24) is 0 Å². The number of ketones is 1. The van der Waals surface area contributed by atoms with Gasteiger partial charge in [-0.3, -0.25) is 4.79 Å². The van der Waals surface area contributed by atoms with Crippen molar-refractivity contribution in [2.45, 2.75) is 6.42 Å². The molecule has 0 saturated carbocycles. The first-order valence-corrected chi connectivity index (χ1v) is 4.21. The normalized spacial score (nSPS) is 15.1. The lowest BCUT2D eigenvalue weighted by atomic mass is 10.1. The van der Waals surface area contributed by atoms with Gasteiger partial charge in [0.2, 0.25) is 0 Å². The number of hydrogen-bond donors (Lipinski definition) is 0. The second-order valence-electron chi connectivity index (χ2n) is 2.79. The van der Waals surface area contributed by atoms with E-state index in [4.69, 9.17) is 16.3 Å². The smallest absolute Gasteiger partial charge is 0.170 e. The van der Waals surface area contributed by atoms with Crippen molar-refractivity contribution in [2.24, 2.45) is 0 Å². The van der Waals surface area contributed by atoms with Crippen LogP contribution in [0.3, 0.4) is 0 Å². The molecule has 0 aromatic heterocycles. The zero-order valence-electron chi connectivity index (χ0n) is 6.64. The van der Waals surface area contributed by atoms with Crippen LogP contribution < -0.4 is 4.74 Å². The maximum Gasteiger partial charge on any atom is 0.170 e. The highest BCUT2D eigenvalue weighted by Gasteiger charge is 2.22. The van der Waals surface area contributed by atoms with E-state index in [1.807, 2.05) is 0 Å². The minimum atomic E-state index is -0.574. The molecule has 0 aliphatic carbocycles. The van der Waals surface area contributed by atoms with Crippen LogP contribution in [-0.4, -0.2) is 12.4 Å². The van der Waals surface area contributed by atoms with E-state index in [0.29, 0.717) is 0 Å². The van der Waals surface area contributed by atoms with Crippen LogP contribution in [0.4, 0.5) is 4.39 Å². The number of benzene rings is 1. The third kappa shape index (κ3) is 1.40. The van der Waals surface area contributed by atoms with Crippen LogP contribution in [0.2, 0.25) is 5.02 Å². The molecule has 0 fully saturated rings. The minimum absolute atomic E-state index is 0.0284. The van der Waals surface area contributed by atoms with Gasteiger partial charge in [0.05, 0.1) is 12.2 Å². The molecule has 0 amide bonds. The van der Waals surface area contributed by atoms with Gasteiger partial charge in [-0.1, -0.05) is 11.6 Å². The Balaban J connectivity index is 2.63. The molecule has 13 heavy (non-hydrogen) atoms. The molecule has 0 N–H and O–H groups in total. The third-order valence-electron chi connectivity index (χ3n) is 1.88. The summed E-state index contributed by atoms with van der Waals surface area (Å²) in [6.45, 7) is 0.240. The number of carbonyl (C=O) groups is 1. The molecule has 0 bridgehead atoms. The number of ether oxygens (including phenoxy) is 1. The van der Waals surface area contributed by atoms with Crippen LogP contribution in [0.1, 0.15) is 16.8 Å². The van der Waals surface area contributed by atoms with E-state index in [1.54, 1.807) is 0 Å². The molecule has 1 aliphatic rings. The Labute approximate surface area is 79.3 Å². The van der Waals surface area contributed by atoms with Gasteiger partial charge in [0.25, 0.3) is 0 Å². The number of Topliss-reactive ketones (excluding diaryl/α,β-unsaturated/α-hetero) is 1. The zero-order chi connectivity index (χ0) is 9.42. The van der Waals surface area contributed by atoms with Gasteiger partial charge in [-0.15, -0.1) is 0 Å². The van der Waals surface area contributed by atoms with E-state index in [2.05, 4.69) is 0 Å². The first-order valence-electron chi connectivity index (χ1n) is 3.83. The Hall–Kier alpha value is -1.09. The van der Waals surface area contributed by atoms with Crippen molar-refractivity contribution in [3.63, 3.8) is 0 Å². The third-order valence-corrected chi connectivity index (χ3v) is 2.10. The summed E-state index contributed by atoms with van der Waals surface area (Å²) in [6, 6.07) is 2.57. The fraction of sp³-hybridized carbons (Fsp3) is 0.222. The standard InChI is InChI=1S/C9H6ClFO2/c10-5-3-6-8(12)1-2-13-9(6)7(11)4-5/h3-4H,1-2H2. The van der Waals surface area contributed by atoms with E-state index in [1.165, 1.54) is 6.07 Å². The van der Waals surface area contributed by atoms with Crippen molar-refractivity contribution in [3.8, 4) is 5.75 Å². The fourth-order valence-electron chi connectivity index (χ4n) is 1.29. The summed E-state index contributed by atoms with van der Waals surface area (Å²) in [5.41, 5.74) is 0.247. The highest BCUT2D eigenvalue weighted by atomic mass is 35.5. The molecule has 0 unspecified atom stereocenters. The topological polar surface area (TPSA) is 26.3 Å². The van der Waals surface area contributed by atoms with Gasteiger partial charge in [0.1, 0.15) is 0 Å². The predicted molar refractivity (Wildman–Crippen MR) is 45.9 cm³/mol. The first-order chi connectivity index (χ1) is 6.18. The van der Waals surface area contributed by atoms with Gasteiger partial charge in [0.15, 0.2) is 17.3 Å². The molecule has 68 valence electrons. The van der Waals surface area contributed by atoms with Gasteiger partial charge in [-0.2, -0.15) is 0 Å². The van der Waals surface area contributed by atoms with Crippen LogP contribution in [0.15, 0.2) is 12.1 Å². The van der Waals surface area contributed by atoms with Crippen molar-refractivity contribution < 1.29 is 13.9 Å². The predicted octanol–water partition coefficient (Wildman–Crippen LogP) is 2.44. The Kier molecular flexibility index (Phi) is 1.96. The molecule has 1 aliphatic heterocycles. The Morgan fingerprint density at radius 2 is 2.23 bits per heavy atom. The monoisotopic (exact) mass is 200 g/mol. The molecular weight excluding hydrogens is 195 g/mol. The molecule has 4 heteroatoms. The molecule has 0 radical (unpaired) electrons. The lowest BCUT2D eigenvalue weighted by molar-refractivity contribution is 0.0929. The van der Waals surface area contributed by atoms with E-state index in [9.17, 15) is 9.18 Å². The Bertz CT molecular complexity index is 376. The lowest BCUT2D eigenvalue weighted by Crippen LogP contribution is -2.16. The SMILES string of the molecule is O=C1CCOc2c(F)cc(Cl)cc21. The second kappa shape index (κ2) is 3.00. The largest absolute Gasteiger partial charge is 0.489 e. The van der Waals surface area contributed by atoms with Gasteiger partial charge in [-0.25, -0.2) is 4.39 Å².